The van der Waals surface area contributed by atoms with Crippen LogP contribution in [0.25, 0.3) is 11.0 Å². The maximum Gasteiger partial charge on any atom is 0.254 e. The summed E-state index contributed by atoms with van der Waals surface area (Å²) < 4.78 is 1.64. The maximum absolute atomic E-state index is 12.3. The molecule has 0 spiro atoms. The zero-order valence-electron chi connectivity index (χ0n) is 15.9. The number of piperidine rings is 1. The van der Waals surface area contributed by atoms with Crippen molar-refractivity contribution in [3.63, 3.8) is 0 Å². The summed E-state index contributed by atoms with van der Waals surface area (Å²) in [6.07, 6.45) is 5.12. The number of hydrogen-bond acceptors (Lipinski definition) is 5. The molecule has 3 aromatic rings. The first-order chi connectivity index (χ1) is 13.0. The van der Waals surface area contributed by atoms with E-state index in [9.17, 15) is 4.79 Å². The van der Waals surface area contributed by atoms with E-state index in [0.717, 1.165) is 48.5 Å². The van der Waals surface area contributed by atoms with Gasteiger partial charge in [0.05, 0.1) is 11.8 Å². The number of carbonyl (C=O) groups is 1. The Morgan fingerprint density at radius 1 is 1.19 bits per heavy atom. The van der Waals surface area contributed by atoms with Crippen molar-refractivity contribution in [2.24, 2.45) is 7.05 Å². The molecule has 1 fully saturated rings. The van der Waals surface area contributed by atoms with Crippen LogP contribution in [0.1, 0.15) is 34.5 Å². The van der Waals surface area contributed by atoms with E-state index >= 15 is 0 Å². The molecule has 140 valence electrons. The zero-order chi connectivity index (χ0) is 19.0. The lowest BCUT2D eigenvalue weighted by Gasteiger charge is -2.33. The lowest BCUT2D eigenvalue weighted by Crippen LogP contribution is -2.44. The Kier molecular flexibility index (Phi) is 4.51. The minimum absolute atomic E-state index is 0.0551. The Morgan fingerprint density at radius 3 is 2.67 bits per heavy atom. The predicted molar refractivity (Wildman–Crippen MR) is 105 cm³/mol. The standard InChI is InChI=1S/C20H24N6O/c1-13-10-14(2)22-19-17(13)4-5-18(24-19)26-8-6-16(7-9-26)23-20(27)15-11-21-25(3)12-15/h4-5,10-12,16H,6-9H2,1-3H3,(H,23,27). The van der Waals surface area contributed by atoms with E-state index in [-0.39, 0.29) is 11.9 Å². The molecular weight excluding hydrogens is 340 g/mol. The molecule has 1 amide bonds. The minimum atomic E-state index is -0.0551. The van der Waals surface area contributed by atoms with E-state index in [1.54, 1.807) is 17.1 Å². The van der Waals surface area contributed by atoms with Gasteiger partial charge in [-0.3, -0.25) is 9.48 Å². The molecule has 0 aromatic carbocycles. The van der Waals surface area contributed by atoms with Crippen molar-refractivity contribution in [1.82, 2.24) is 25.1 Å². The second-order valence-electron chi connectivity index (χ2n) is 7.26. The van der Waals surface area contributed by atoms with Gasteiger partial charge in [0.25, 0.3) is 5.91 Å². The molecular formula is C20H24N6O. The van der Waals surface area contributed by atoms with Crippen LogP contribution in [-0.2, 0) is 7.05 Å². The monoisotopic (exact) mass is 364 g/mol. The number of pyridine rings is 2. The summed E-state index contributed by atoms with van der Waals surface area (Å²) in [6.45, 7) is 5.81. The van der Waals surface area contributed by atoms with Gasteiger partial charge in [0.1, 0.15) is 5.82 Å². The van der Waals surface area contributed by atoms with Gasteiger partial charge in [-0.2, -0.15) is 5.10 Å². The average Bonchev–Trinajstić information content (AvgIpc) is 3.08. The second-order valence-corrected chi connectivity index (χ2v) is 7.26. The number of carbonyl (C=O) groups excluding carboxylic acids is 1. The van der Waals surface area contributed by atoms with E-state index in [4.69, 9.17) is 4.98 Å². The van der Waals surface area contributed by atoms with Crippen molar-refractivity contribution >= 4 is 22.8 Å². The Morgan fingerprint density at radius 2 is 1.96 bits per heavy atom. The number of rotatable bonds is 3. The first-order valence-electron chi connectivity index (χ1n) is 9.29. The van der Waals surface area contributed by atoms with Gasteiger partial charge in [-0.05, 0) is 50.5 Å². The molecule has 4 rings (SSSR count). The van der Waals surface area contributed by atoms with Crippen LogP contribution in [0.4, 0.5) is 5.82 Å². The number of fused-ring (bicyclic) bond motifs is 1. The number of hydrogen-bond donors (Lipinski definition) is 1. The molecule has 0 saturated carbocycles. The summed E-state index contributed by atoms with van der Waals surface area (Å²) in [5.41, 5.74) is 3.60. The first-order valence-corrected chi connectivity index (χ1v) is 9.29. The number of aryl methyl sites for hydroxylation is 3. The van der Waals surface area contributed by atoms with Gasteiger partial charge in [0.2, 0.25) is 0 Å². The van der Waals surface area contributed by atoms with E-state index < -0.39 is 0 Å². The lowest BCUT2D eigenvalue weighted by atomic mass is 10.0. The van der Waals surface area contributed by atoms with Crippen molar-refractivity contribution in [1.29, 1.82) is 0 Å². The number of nitrogens with one attached hydrogen (secondary N) is 1. The Bertz CT molecular complexity index is 987. The number of aromatic nitrogens is 4. The summed E-state index contributed by atoms with van der Waals surface area (Å²) in [5, 5.41) is 8.27. The third-order valence-corrected chi connectivity index (χ3v) is 5.11. The molecule has 0 atom stereocenters. The first kappa shape index (κ1) is 17.5. The largest absolute Gasteiger partial charge is 0.356 e. The van der Waals surface area contributed by atoms with Crippen LogP contribution < -0.4 is 10.2 Å². The Hall–Kier alpha value is -2.96. The molecule has 0 aliphatic carbocycles. The topological polar surface area (TPSA) is 75.9 Å². The third kappa shape index (κ3) is 3.63. The molecule has 1 saturated heterocycles. The molecule has 1 N–H and O–H groups in total. The fourth-order valence-corrected chi connectivity index (χ4v) is 3.66. The fourth-order valence-electron chi connectivity index (χ4n) is 3.66. The number of amides is 1. The SMILES string of the molecule is Cc1cc(C)c2ccc(N3CCC(NC(=O)c4cnn(C)c4)CC3)nc2n1. The van der Waals surface area contributed by atoms with Gasteiger partial charge >= 0.3 is 0 Å². The fraction of sp³-hybridized carbons (Fsp3) is 0.400. The highest BCUT2D eigenvalue weighted by molar-refractivity contribution is 5.93. The summed E-state index contributed by atoms with van der Waals surface area (Å²) in [4.78, 5) is 23.9. The lowest BCUT2D eigenvalue weighted by molar-refractivity contribution is 0.0931. The molecule has 4 heterocycles. The van der Waals surface area contributed by atoms with Crippen LogP contribution in [0, 0.1) is 13.8 Å². The zero-order valence-corrected chi connectivity index (χ0v) is 15.9. The van der Waals surface area contributed by atoms with Crippen LogP contribution in [0.5, 0.6) is 0 Å². The highest BCUT2D eigenvalue weighted by Gasteiger charge is 2.22. The predicted octanol–water partition coefficient (Wildman–Crippen LogP) is 2.38. The van der Waals surface area contributed by atoms with Crippen LogP contribution in [-0.4, -0.2) is 44.8 Å². The van der Waals surface area contributed by atoms with Crippen LogP contribution >= 0.6 is 0 Å². The van der Waals surface area contributed by atoms with Crippen molar-refractivity contribution in [3.05, 3.63) is 47.4 Å². The third-order valence-electron chi connectivity index (χ3n) is 5.11. The van der Waals surface area contributed by atoms with E-state index in [1.165, 1.54) is 5.56 Å². The van der Waals surface area contributed by atoms with Gasteiger partial charge in [-0.1, -0.05) is 0 Å². The summed E-state index contributed by atoms with van der Waals surface area (Å²) >= 11 is 0. The van der Waals surface area contributed by atoms with E-state index in [1.807, 2.05) is 14.0 Å². The van der Waals surface area contributed by atoms with Crippen molar-refractivity contribution in [2.75, 3.05) is 18.0 Å². The molecule has 7 nitrogen and oxygen atoms in total. The average molecular weight is 364 g/mol. The highest BCUT2D eigenvalue weighted by Crippen LogP contribution is 2.23. The quantitative estimate of drug-likeness (QED) is 0.772. The van der Waals surface area contributed by atoms with E-state index in [0.29, 0.717) is 5.56 Å². The molecule has 1 aliphatic heterocycles. The van der Waals surface area contributed by atoms with Gasteiger partial charge in [0.15, 0.2) is 5.65 Å². The van der Waals surface area contributed by atoms with Crippen LogP contribution in [0.3, 0.4) is 0 Å². The molecule has 0 bridgehead atoms. The second kappa shape index (κ2) is 6.98. The van der Waals surface area contributed by atoms with Crippen LogP contribution in [0.2, 0.25) is 0 Å². The van der Waals surface area contributed by atoms with Gasteiger partial charge in [0, 0.05) is 43.5 Å². The van der Waals surface area contributed by atoms with Gasteiger partial charge in [-0.25, -0.2) is 9.97 Å². The van der Waals surface area contributed by atoms with Crippen molar-refractivity contribution in [2.45, 2.75) is 32.7 Å². The summed E-state index contributed by atoms with van der Waals surface area (Å²) in [5.74, 6) is 0.901. The molecule has 27 heavy (non-hydrogen) atoms. The van der Waals surface area contributed by atoms with Gasteiger partial charge < -0.3 is 10.2 Å². The van der Waals surface area contributed by atoms with Gasteiger partial charge in [-0.15, -0.1) is 0 Å². The molecule has 3 aromatic heterocycles. The normalized spacial score (nSPS) is 15.3. The summed E-state index contributed by atoms with van der Waals surface area (Å²) in [6, 6.07) is 6.44. The molecule has 0 radical (unpaired) electrons. The summed E-state index contributed by atoms with van der Waals surface area (Å²) in [7, 11) is 1.81. The Labute approximate surface area is 158 Å². The highest BCUT2D eigenvalue weighted by atomic mass is 16.1. The number of nitrogens with zero attached hydrogens (tertiary/aromatic N) is 5. The Balaban J connectivity index is 1.41. The van der Waals surface area contributed by atoms with Crippen LogP contribution in [0.15, 0.2) is 30.6 Å². The molecule has 0 unspecified atom stereocenters. The maximum atomic E-state index is 12.3. The minimum Gasteiger partial charge on any atom is -0.356 e. The molecule has 1 aliphatic rings. The smallest absolute Gasteiger partial charge is 0.254 e. The van der Waals surface area contributed by atoms with Crippen molar-refractivity contribution < 1.29 is 4.79 Å². The number of anilines is 1. The van der Waals surface area contributed by atoms with E-state index in [2.05, 4.69) is 45.4 Å². The molecule has 7 heteroatoms. The van der Waals surface area contributed by atoms with Crippen molar-refractivity contribution in [3.8, 4) is 0 Å².